The summed E-state index contributed by atoms with van der Waals surface area (Å²) in [6.45, 7) is 0. The van der Waals surface area contributed by atoms with Crippen LogP contribution in [0.4, 0.5) is 0 Å². The van der Waals surface area contributed by atoms with Gasteiger partial charge in [-0.2, -0.15) is 4.98 Å². The molecule has 0 N–H and O–H groups in total. The van der Waals surface area contributed by atoms with Gasteiger partial charge in [-0.15, -0.1) is 23.1 Å². The summed E-state index contributed by atoms with van der Waals surface area (Å²) in [5.41, 5.74) is 5.33. The molecule has 6 rings (SSSR count). The molecule has 0 aliphatic carbocycles. The molecule has 0 amide bonds. The fraction of sp³-hybridized carbons (Fsp3) is 0.0870. The largest absolute Gasteiger partial charge is 0.334 e. The lowest BCUT2D eigenvalue weighted by atomic mass is 10.1. The minimum Gasteiger partial charge on any atom is -0.334 e. The molecule has 0 atom stereocenters. The van der Waals surface area contributed by atoms with Crippen molar-refractivity contribution in [1.29, 1.82) is 0 Å². The highest BCUT2D eigenvalue weighted by atomic mass is 32.2. The van der Waals surface area contributed by atoms with Gasteiger partial charge in [0.2, 0.25) is 5.82 Å². The summed E-state index contributed by atoms with van der Waals surface area (Å²) < 4.78 is 8.99. The van der Waals surface area contributed by atoms with Gasteiger partial charge in [0.1, 0.15) is 12.0 Å². The maximum Gasteiger partial charge on any atom is 0.258 e. The number of hydrogen-bond acceptors (Lipinski definition) is 6. The molecule has 0 spiro atoms. The highest BCUT2D eigenvalue weighted by Crippen LogP contribution is 2.43. The smallest absolute Gasteiger partial charge is 0.258 e. The third kappa shape index (κ3) is 3.07. The van der Waals surface area contributed by atoms with Crippen LogP contribution >= 0.6 is 23.1 Å². The van der Waals surface area contributed by atoms with Crippen molar-refractivity contribution in [2.75, 3.05) is 0 Å². The van der Waals surface area contributed by atoms with Crippen molar-refractivity contribution in [2.24, 2.45) is 0 Å². The Bertz CT molecular complexity index is 1320. The zero-order valence-electron chi connectivity index (χ0n) is 15.9. The van der Waals surface area contributed by atoms with Gasteiger partial charge < -0.3 is 4.52 Å². The highest BCUT2D eigenvalue weighted by Gasteiger charge is 2.26. The van der Waals surface area contributed by atoms with E-state index in [1.54, 1.807) is 0 Å². The molecule has 2 aromatic carbocycles. The first-order chi connectivity index (χ1) is 14.8. The molecule has 1 aliphatic heterocycles. The van der Waals surface area contributed by atoms with Gasteiger partial charge in [-0.1, -0.05) is 53.7 Å². The van der Waals surface area contributed by atoms with E-state index in [0.717, 1.165) is 29.1 Å². The molecule has 146 valence electrons. The Labute approximate surface area is 181 Å². The van der Waals surface area contributed by atoms with Gasteiger partial charge in [0.05, 0.1) is 15.6 Å². The first-order valence-electron chi connectivity index (χ1n) is 9.61. The molecule has 5 aromatic rings. The monoisotopic (exact) mass is 428 g/mol. The maximum absolute atomic E-state index is 5.49. The van der Waals surface area contributed by atoms with Gasteiger partial charge in [-0.25, -0.2) is 4.98 Å². The molecule has 0 saturated heterocycles. The molecule has 4 heterocycles. The van der Waals surface area contributed by atoms with Crippen LogP contribution in [-0.2, 0) is 12.2 Å². The number of imidazole rings is 1. The fourth-order valence-electron chi connectivity index (χ4n) is 3.63. The van der Waals surface area contributed by atoms with E-state index in [4.69, 9.17) is 4.52 Å². The third-order valence-electron chi connectivity index (χ3n) is 5.08. The number of aromatic nitrogens is 4. The van der Waals surface area contributed by atoms with Crippen molar-refractivity contribution in [3.05, 3.63) is 89.2 Å². The predicted molar refractivity (Wildman–Crippen MR) is 119 cm³/mol. The number of hydrogen-bond donors (Lipinski definition) is 0. The Morgan fingerprint density at radius 3 is 2.63 bits per heavy atom. The summed E-state index contributed by atoms with van der Waals surface area (Å²) in [6, 6.07) is 22.7. The zero-order valence-corrected chi connectivity index (χ0v) is 17.5. The van der Waals surface area contributed by atoms with Crippen molar-refractivity contribution in [2.45, 2.75) is 16.4 Å². The zero-order chi connectivity index (χ0) is 19.9. The first-order valence-corrected chi connectivity index (χ1v) is 11.4. The molecule has 0 unspecified atom stereocenters. The topological polar surface area (TPSA) is 56.7 Å². The van der Waals surface area contributed by atoms with Gasteiger partial charge in [0, 0.05) is 22.6 Å². The molecule has 5 nitrogen and oxygen atoms in total. The lowest BCUT2D eigenvalue weighted by Gasteiger charge is -2.14. The molecule has 0 fully saturated rings. The normalized spacial score (nSPS) is 12.5. The minimum atomic E-state index is 0.511. The van der Waals surface area contributed by atoms with Gasteiger partial charge in [0.25, 0.3) is 5.89 Å². The third-order valence-corrected chi connectivity index (χ3v) is 7.49. The molecular formula is C23H16N4OS2. The van der Waals surface area contributed by atoms with Crippen LogP contribution < -0.4 is 0 Å². The Kier molecular flexibility index (Phi) is 4.28. The summed E-state index contributed by atoms with van der Waals surface area (Å²) in [5, 5.41) is 4.19. The molecule has 3 aromatic heterocycles. The average Bonchev–Trinajstić information content (AvgIpc) is 3.52. The van der Waals surface area contributed by atoms with Crippen LogP contribution in [0.25, 0.3) is 28.7 Å². The lowest BCUT2D eigenvalue weighted by molar-refractivity contribution is 0.432. The van der Waals surface area contributed by atoms with Crippen molar-refractivity contribution in [3.8, 4) is 28.7 Å². The Morgan fingerprint density at radius 2 is 1.80 bits per heavy atom. The predicted octanol–water partition coefficient (Wildman–Crippen LogP) is 5.85. The van der Waals surface area contributed by atoms with E-state index in [0.29, 0.717) is 11.7 Å². The minimum absolute atomic E-state index is 0.511. The molecule has 1 aliphatic rings. The van der Waals surface area contributed by atoms with Crippen LogP contribution in [0.15, 0.2) is 81.8 Å². The second kappa shape index (κ2) is 7.27. The van der Waals surface area contributed by atoms with Crippen LogP contribution in [0.5, 0.6) is 0 Å². The number of fused-ring (bicyclic) bond motifs is 3. The number of benzene rings is 2. The molecular weight excluding hydrogens is 412 g/mol. The summed E-state index contributed by atoms with van der Waals surface area (Å²) >= 11 is 3.72. The van der Waals surface area contributed by atoms with Crippen molar-refractivity contribution < 1.29 is 4.52 Å². The second-order valence-electron chi connectivity index (χ2n) is 7.04. The molecule has 30 heavy (non-hydrogen) atoms. The van der Waals surface area contributed by atoms with E-state index in [1.165, 1.54) is 20.3 Å². The van der Waals surface area contributed by atoms with Crippen molar-refractivity contribution in [3.63, 3.8) is 0 Å². The molecule has 7 heteroatoms. The van der Waals surface area contributed by atoms with Crippen LogP contribution in [0.2, 0.25) is 0 Å². The van der Waals surface area contributed by atoms with Crippen molar-refractivity contribution >= 4 is 23.1 Å². The van der Waals surface area contributed by atoms with Gasteiger partial charge in [-0.3, -0.25) is 4.57 Å². The van der Waals surface area contributed by atoms with Gasteiger partial charge in [0.15, 0.2) is 0 Å². The van der Waals surface area contributed by atoms with Crippen molar-refractivity contribution in [1.82, 2.24) is 19.7 Å². The van der Waals surface area contributed by atoms with Crippen LogP contribution in [0.3, 0.4) is 0 Å². The summed E-state index contributed by atoms with van der Waals surface area (Å²) in [4.78, 5) is 10.6. The maximum atomic E-state index is 5.49. The Hall–Kier alpha value is -3.16. The lowest BCUT2D eigenvalue weighted by Crippen LogP contribution is -2.03. The standard InChI is InChI=1S/C23H16N4OS2/c1-3-7-15(8-4-1)11-17-12-18-23(30-17)29-13-19-20(24-14-27(18)19)21-25-22(28-26-21)16-9-5-2-6-10-16/h1-10,12,14H,11,13H2. The number of nitrogens with zero attached hydrogens (tertiary/aromatic N) is 4. The Morgan fingerprint density at radius 1 is 1.00 bits per heavy atom. The second-order valence-corrected chi connectivity index (χ2v) is 9.42. The summed E-state index contributed by atoms with van der Waals surface area (Å²) in [6.07, 6.45) is 2.82. The van der Waals surface area contributed by atoms with E-state index in [1.807, 2.05) is 59.8 Å². The van der Waals surface area contributed by atoms with E-state index in [2.05, 4.69) is 56.1 Å². The van der Waals surface area contributed by atoms with E-state index < -0.39 is 0 Å². The Balaban J connectivity index is 1.33. The first kappa shape index (κ1) is 17.7. The van der Waals surface area contributed by atoms with E-state index in [-0.39, 0.29) is 0 Å². The highest BCUT2D eigenvalue weighted by molar-refractivity contribution is 8.00. The number of thiophene rings is 1. The van der Waals surface area contributed by atoms with Crippen LogP contribution in [-0.4, -0.2) is 19.7 Å². The molecule has 0 radical (unpaired) electrons. The molecule has 0 saturated carbocycles. The van der Waals surface area contributed by atoms with Gasteiger partial charge in [-0.05, 0) is 23.8 Å². The number of thioether (sulfide) groups is 1. The summed E-state index contributed by atoms with van der Waals surface area (Å²) in [5.74, 6) is 1.88. The number of rotatable bonds is 4. The average molecular weight is 429 g/mol. The SMILES string of the molecule is c1ccc(Cc2cc3c(s2)SCc2c(-c4noc(-c5ccccc5)n4)ncn2-3)cc1. The van der Waals surface area contributed by atoms with Crippen LogP contribution in [0.1, 0.15) is 16.1 Å². The molecule has 0 bridgehead atoms. The van der Waals surface area contributed by atoms with E-state index >= 15 is 0 Å². The van der Waals surface area contributed by atoms with Gasteiger partial charge >= 0.3 is 0 Å². The fourth-order valence-corrected chi connectivity index (χ4v) is 6.12. The van der Waals surface area contributed by atoms with Crippen LogP contribution in [0, 0.1) is 0 Å². The van der Waals surface area contributed by atoms with E-state index in [9.17, 15) is 0 Å². The quantitative estimate of drug-likeness (QED) is 0.359. The summed E-state index contributed by atoms with van der Waals surface area (Å²) in [7, 11) is 0.